The zero-order chi connectivity index (χ0) is 14.5. The van der Waals surface area contributed by atoms with Gasteiger partial charge in [-0.05, 0) is 38.1 Å². The van der Waals surface area contributed by atoms with Gasteiger partial charge in [-0.25, -0.2) is 0 Å². The average Bonchev–Trinajstić information content (AvgIpc) is 2.37. The van der Waals surface area contributed by atoms with Crippen LogP contribution in [0.3, 0.4) is 0 Å². The van der Waals surface area contributed by atoms with Crippen molar-refractivity contribution in [3.63, 3.8) is 0 Å². The van der Waals surface area contributed by atoms with Crippen molar-refractivity contribution in [2.45, 2.75) is 19.4 Å². The van der Waals surface area contributed by atoms with Crippen molar-refractivity contribution >= 4 is 23.5 Å². The Morgan fingerprint density at radius 3 is 2.37 bits per heavy atom. The molecule has 19 heavy (non-hydrogen) atoms. The monoisotopic (exact) mass is 285 g/mol. The van der Waals surface area contributed by atoms with E-state index in [1.807, 2.05) is 0 Å². The molecule has 0 aliphatic carbocycles. The van der Waals surface area contributed by atoms with Gasteiger partial charge in [-0.3, -0.25) is 9.59 Å². The highest BCUT2D eigenvalue weighted by Gasteiger charge is 2.30. The number of esters is 1. The molecule has 0 aliphatic rings. The van der Waals surface area contributed by atoms with Crippen LogP contribution in [0.1, 0.15) is 13.8 Å². The first-order valence-corrected chi connectivity index (χ1v) is 6.02. The SMILES string of the molecule is COC(=O)CNC(=O)C(C)(C)Oc1ccc(Cl)cc1. The summed E-state index contributed by atoms with van der Waals surface area (Å²) in [7, 11) is 1.25. The lowest BCUT2D eigenvalue weighted by Gasteiger charge is -2.25. The lowest BCUT2D eigenvalue weighted by molar-refractivity contribution is -0.143. The molecule has 0 aromatic heterocycles. The Morgan fingerprint density at radius 2 is 1.84 bits per heavy atom. The van der Waals surface area contributed by atoms with Crippen LogP contribution in [0.25, 0.3) is 0 Å². The molecule has 0 heterocycles. The quantitative estimate of drug-likeness (QED) is 0.838. The lowest BCUT2D eigenvalue weighted by Crippen LogP contribution is -2.48. The predicted molar refractivity (Wildman–Crippen MR) is 71.2 cm³/mol. The van der Waals surface area contributed by atoms with Gasteiger partial charge in [0.1, 0.15) is 12.3 Å². The Morgan fingerprint density at radius 1 is 1.26 bits per heavy atom. The van der Waals surface area contributed by atoms with E-state index in [2.05, 4.69) is 10.1 Å². The molecule has 1 N–H and O–H groups in total. The molecule has 0 saturated carbocycles. The fourth-order valence-electron chi connectivity index (χ4n) is 1.28. The Hall–Kier alpha value is -1.75. The van der Waals surface area contributed by atoms with E-state index in [9.17, 15) is 9.59 Å². The summed E-state index contributed by atoms with van der Waals surface area (Å²) in [5, 5.41) is 3.02. The third-order valence-corrected chi connectivity index (χ3v) is 2.61. The number of halogens is 1. The van der Waals surface area contributed by atoms with Crippen LogP contribution >= 0.6 is 11.6 Å². The Bertz CT molecular complexity index is 456. The van der Waals surface area contributed by atoms with Crippen molar-refractivity contribution in [3.05, 3.63) is 29.3 Å². The molecule has 0 saturated heterocycles. The number of hydrogen-bond donors (Lipinski definition) is 1. The third kappa shape index (κ3) is 4.79. The van der Waals surface area contributed by atoms with E-state index in [1.165, 1.54) is 7.11 Å². The maximum Gasteiger partial charge on any atom is 0.325 e. The summed E-state index contributed by atoms with van der Waals surface area (Å²) < 4.78 is 10.00. The van der Waals surface area contributed by atoms with E-state index in [1.54, 1.807) is 38.1 Å². The van der Waals surface area contributed by atoms with Gasteiger partial charge in [0.25, 0.3) is 5.91 Å². The summed E-state index contributed by atoms with van der Waals surface area (Å²) in [6, 6.07) is 6.66. The van der Waals surface area contributed by atoms with E-state index < -0.39 is 17.5 Å². The maximum atomic E-state index is 11.9. The highest BCUT2D eigenvalue weighted by Crippen LogP contribution is 2.20. The minimum atomic E-state index is -1.11. The molecule has 0 aliphatic heterocycles. The van der Waals surface area contributed by atoms with Crippen LogP contribution < -0.4 is 10.1 Å². The molecule has 1 aromatic rings. The van der Waals surface area contributed by atoms with Crippen LogP contribution in [0.5, 0.6) is 5.75 Å². The summed E-state index contributed by atoms with van der Waals surface area (Å²) in [6.45, 7) is 3.02. The van der Waals surface area contributed by atoms with Crippen LogP contribution in [-0.2, 0) is 14.3 Å². The lowest BCUT2D eigenvalue weighted by atomic mass is 10.1. The minimum absolute atomic E-state index is 0.192. The maximum absolute atomic E-state index is 11.9. The van der Waals surface area contributed by atoms with Gasteiger partial charge < -0.3 is 14.8 Å². The smallest absolute Gasteiger partial charge is 0.325 e. The number of carbonyl (C=O) groups is 2. The molecule has 0 fully saturated rings. The average molecular weight is 286 g/mol. The second kappa shape index (κ2) is 6.43. The Kier molecular flexibility index (Phi) is 5.18. The van der Waals surface area contributed by atoms with E-state index in [0.29, 0.717) is 10.8 Å². The summed E-state index contributed by atoms with van der Waals surface area (Å²) in [5.41, 5.74) is -1.11. The summed E-state index contributed by atoms with van der Waals surface area (Å²) in [6.07, 6.45) is 0. The highest BCUT2D eigenvalue weighted by atomic mass is 35.5. The molecule has 1 amide bonds. The summed E-state index contributed by atoms with van der Waals surface area (Å²) in [5.74, 6) is -0.411. The third-order valence-electron chi connectivity index (χ3n) is 2.35. The van der Waals surface area contributed by atoms with Crippen molar-refractivity contribution in [1.82, 2.24) is 5.32 Å². The van der Waals surface area contributed by atoms with Gasteiger partial charge in [-0.1, -0.05) is 11.6 Å². The zero-order valence-electron chi connectivity index (χ0n) is 11.0. The number of rotatable bonds is 5. The fraction of sp³-hybridized carbons (Fsp3) is 0.385. The summed E-state index contributed by atoms with van der Waals surface area (Å²) >= 11 is 5.76. The van der Waals surface area contributed by atoms with Crippen molar-refractivity contribution in [2.75, 3.05) is 13.7 Å². The minimum Gasteiger partial charge on any atom is -0.478 e. The zero-order valence-corrected chi connectivity index (χ0v) is 11.8. The molecule has 0 bridgehead atoms. The molecule has 0 unspecified atom stereocenters. The van der Waals surface area contributed by atoms with Crippen molar-refractivity contribution in [2.24, 2.45) is 0 Å². The fourth-order valence-corrected chi connectivity index (χ4v) is 1.41. The van der Waals surface area contributed by atoms with Crippen molar-refractivity contribution < 1.29 is 19.1 Å². The molecule has 1 rings (SSSR count). The molecular weight excluding hydrogens is 270 g/mol. The largest absolute Gasteiger partial charge is 0.478 e. The van der Waals surface area contributed by atoms with E-state index in [4.69, 9.17) is 16.3 Å². The number of carbonyl (C=O) groups excluding carboxylic acids is 2. The topological polar surface area (TPSA) is 64.6 Å². The molecule has 0 radical (unpaired) electrons. The standard InChI is InChI=1S/C13H16ClNO4/c1-13(2,12(17)15-8-11(16)18-3)19-10-6-4-9(14)5-7-10/h4-7H,8H2,1-3H3,(H,15,17). The van der Waals surface area contributed by atoms with Gasteiger partial charge in [0, 0.05) is 5.02 Å². The summed E-state index contributed by atoms with van der Waals surface area (Å²) in [4.78, 5) is 22.8. The van der Waals surface area contributed by atoms with Gasteiger partial charge in [-0.2, -0.15) is 0 Å². The normalized spacial score (nSPS) is 10.7. The van der Waals surface area contributed by atoms with Crippen molar-refractivity contribution in [3.8, 4) is 5.75 Å². The molecule has 1 aromatic carbocycles. The molecule has 104 valence electrons. The van der Waals surface area contributed by atoms with Crippen LogP contribution in [0.15, 0.2) is 24.3 Å². The van der Waals surface area contributed by atoms with E-state index in [0.717, 1.165) is 0 Å². The molecule has 5 nitrogen and oxygen atoms in total. The van der Waals surface area contributed by atoms with Crippen LogP contribution in [0.2, 0.25) is 5.02 Å². The van der Waals surface area contributed by atoms with Crippen LogP contribution in [-0.4, -0.2) is 31.1 Å². The molecule has 0 spiro atoms. The van der Waals surface area contributed by atoms with Crippen LogP contribution in [0, 0.1) is 0 Å². The van der Waals surface area contributed by atoms with Gasteiger partial charge in [0.15, 0.2) is 5.60 Å². The van der Waals surface area contributed by atoms with Gasteiger partial charge in [-0.15, -0.1) is 0 Å². The number of amides is 1. The number of ether oxygens (including phenoxy) is 2. The first kappa shape index (κ1) is 15.3. The first-order chi connectivity index (χ1) is 8.85. The molecule has 0 atom stereocenters. The van der Waals surface area contributed by atoms with Gasteiger partial charge >= 0.3 is 5.97 Å². The second-order valence-electron chi connectivity index (χ2n) is 4.33. The van der Waals surface area contributed by atoms with Crippen LogP contribution in [0.4, 0.5) is 0 Å². The first-order valence-electron chi connectivity index (χ1n) is 5.65. The predicted octanol–water partition coefficient (Wildman–Crippen LogP) is 1.79. The second-order valence-corrected chi connectivity index (χ2v) is 4.76. The van der Waals surface area contributed by atoms with Gasteiger partial charge in [0.05, 0.1) is 7.11 Å². The molecule has 6 heteroatoms. The Labute approximate surface area is 116 Å². The van der Waals surface area contributed by atoms with E-state index in [-0.39, 0.29) is 6.54 Å². The highest BCUT2D eigenvalue weighted by molar-refractivity contribution is 6.30. The number of nitrogens with one attached hydrogen (secondary N) is 1. The molecular formula is C13H16ClNO4. The number of hydrogen-bond acceptors (Lipinski definition) is 4. The number of benzene rings is 1. The van der Waals surface area contributed by atoms with Gasteiger partial charge in [0.2, 0.25) is 0 Å². The number of methoxy groups -OCH3 is 1. The van der Waals surface area contributed by atoms with E-state index >= 15 is 0 Å². The Balaban J connectivity index is 2.61. The van der Waals surface area contributed by atoms with Crippen molar-refractivity contribution in [1.29, 1.82) is 0 Å².